The fraction of sp³-hybridized carbons (Fsp3) is 0.667. The van der Waals surface area contributed by atoms with Crippen molar-refractivity contribution in [1.82, 2.24) is 15.5 Å². The van der Waals surface area contributed by atoms with Gasteiger partial charge in [0.2, 0.25) is 11.8 Å². The molecule has 1 aromatic carbocycles. The van der Waals surface area contributed by atoms with Crippen molar-refractivity contribution in [2.75, 3.05) is 13.2 Å². The Morgan fingerprint density at radius 3 is 1.97 bits per heavy atom. The summed E-state index contributed by atoms with van der Waals surface area (Å²) in [6.45, 7) is 20.6. The summed E-state index contributed by atoms with van der Waals surface area (Å²) in [5.74, 6) is -1.47. The minimum absolute atomic E-state index is 0.0122. The van der Waals surface area contributed by atoms with Crippen molar-refractivity contribution in [3.8, 4) is 0 Å². The largest absolute Gasteiger partial charge is 0.466 e. The number of carbonyl (C=O) groups excluding carboxylic acids is 4. The minimum Gasteiger partial charge on any atom is -0.466 e. The number of aryl methyl sites for hydroxylation is 2. The summed E-state index contributed by atoms with van der Waals surface area (Å²) in [4.78, 5) is 54.3. The van der Waals surface area contributed by atoms with Gasteiger partial charge in [-0.05, 0) is 73.8 Å². The normalized spacial score (nSPS) is 14.0. The predicted octanol–water partition coefficient (Wildman–Crippen LogP) is 4.98. The Labute approximate surface area is 234 Å². The first-order valence-electron chi connectivity index (χ1n) is 13.7. The van der Waals surface area contributed by atoms with Crippen LogP contribution in [0.1, 0.15) is 97.9 Å². The summed E-state index contributed by atoms with van der Waals surface area (Å²) in [6.07, 6.45) is -0.0699. The molecule has 0 saturated heterocycles. The number of rotatable bonds is 11. The summed E-state index contributed by atoms with van der Waals surface area (Å²) in [5.41, 5.74) is 0.989. The monoisotopic (exact) mass is 547 g/mol. The second-order valence-corrected chi connectivity index (χ2v) is 12.1. The topological polar surface area (TPSA) is 114 Å². The Morgan fingerprint density at radius 2 is 1.51 bits per heavy atom. The van der Waals surface area contributed by atoms with E-state index in [0.717, 1.165) is 11.1 Å². The van der Waals surface area contributed by atoms with E-state index in [-0.39, 0.29) is 25.5 Å². The molecule has 1 aromatic rings. The number of carbonyl (C=O) groups is 4. The van der Waals surface area contributed by atoms with Crippen LogP contribution in [0.3, 0.4) is 0 Å². The van der Waals surface area contributed by atoms with E-state index in [9.17, 15) is 19.2 Å². The Morgan fingerprint density at radius 1 is 0.949 bits per heavy atom. The molecule has 0 heterocycles. The highest BCUT2D eigenvalue weighted by Gasteiger charge is 2.43. The molecule has 3 amide bonds. The molecule has 2 N–H and O–H groups in total. The van der Waals surface area contributed by atoms with E-state index in [1.54, 1.807) is 27.7 Å². The van der Waals surface area contributed by atoms with Gasteiger partial charge in [-0.25, -0.2) is 4.79 Å². The Balaban J connectivity index is 3.58. The molecule has 220 valence electrons. The van der Waals surface area contributed by atoms with Crippen LogP contribution in [0, 0.1) is 19.8 Å². The smallest absolute Gasteiger partial charge is 0.408 e. The van der Waals surface area contributed by atoms with E-state index in [0.29, 0.717) is 12.0 Å². The molecule has 39 heavy (non-hydrogen) atoms. The van der Waals surface area contributed by atoms with Crippen LogP contribution in [0.4, 0.5) is 4.79 Å². The molecule has 0 aliphatic heterocycles. The third-order valence-corrected chi connectivity index (χ3v) is 6.11. The molecule has 0 saturated carbocycles. The molecule has 0 aliphatic rings. The average Bonchev–Trinajstić information content (AvgIpc) is 2.77. The highest BCUT2D eigenvalue weighted by atomic mass is 16.6. The highest BCUT2D eigenvalue weighted by molar-refractivity contribution is 5.93. The minimum atomic E-state index is -1.01. The fourth-order valence-electron chi connectivity index (χ4n) is 4.32. The molecule has 0 bridgehead atoms. The van der Waals surface area contributed by atoms with Crippen LogP contribution >= 0.6 is 0 Å². The number of benzene rings is 1. The molecule has 1 rings (SSSR count). The van der Waals surface area contributed by atoms with Gasteiger partial charge in [-0.3, -0.25) is 14.4 Å². The number of hydrogen-bond donors (Lipinski definition) is 2. The Hall–Kier alpha value is -3.10. The zero-order valence-electron chi connectivity index (χ0n) is 25.7. The van der Waals surface area contributed by atoms with Crippen molar-refractivity contribution in [2.45, 2.75) is 112 Å². The van der Waals surface area contributed by atoms with E-state index in [1.165, 1.54) is 4.90 Å². The summed E-state index contributed by atoms with van der Waals surface area (Å²) in [6, 6.07) is 3.83. The van der Waals surface area contributed by atoms with Crippen LogP contribution in [0.5, 0.6) is 0 Å². The number of ether oxygens (including phenoxy) is 2. The van der Waals surface area contributed by atoms with Crippen molar-refractivity contribution in [3.63, 3.8) is 0 Å². The van der Waals surface area contributed by atoms with Crippen LogP contribution in [-0.4, -0.2) is 59.1 Å². The van der Waals surface area contributed by atoms with E-state index in [4.69, 9.17) is 9.47 Å². The van der Waals surface area contributed by atoms with Gasteiger partial charge in [0.25, 0.3) is 0 Å². The van der Waals surface area contributed by atoms with Crippen LogP contribution < -0.4 is 10.6 Å². The Bertz CT molecular complexity index is 989. The van der Waals surface area contributed by atoms with Crippen molar-refractivity contribution in [2.24, 2.45) is 5.92 Å². The molecule has 0 aliphatic carbocycles. The van der Waals surface area contributed by atoms with E-state index in [2.05, 4.69) is 10.6 Å². The lowest BCUT2D eigenvalue weighted by Gasteiger charge is -2.44. The predicted molar refractivity (Wildman–Crippen MR) is 152 cm³/mol. The summed E-state index contributed by atoms with van der Waals surface area (Å²) >= 11 is 0. The number of nitrogens with one attached hydrogen (secondary N) is 2. The summed E-state index contributed by atoms with van der Waals surface area (Å²) < 4.78 is 10.4. The number of hydrogen-bond acceptors (Lipinski definition) is 6. The standard InChI is InChI=1S/C30H49N3O6/c1-12-21(5)24(32-28(37)39-30(9,10)11)27(36)33(29(6,7)8)25(22-17-19(3)16-20(4)18-22)26(35)31-15-14-23(34)38-13-2/h16-18,21,24-25H,12-15H2,1-11H3,(H,31,35)(H,32,37). The lowest BCUT2D eigenvalue weighted by atomic mass is 9.90. The number of amides is 3. The zero-order chi connectivity index (χ0) is 30.1. The van der Waals surface area contributed by atoms with E-state index >= 15 is 0 Å². The molecule has 3 unspecified atom stereocenters. The lowest BCUT2D eigenvalue weighted by Crippen LogP contribution is -2.60. The first-order valence-corrected chi connectivity index (χ1v) is 13.7. The van der Waals surface area contributed by atoms with Crippen LogP contribution in [0.15, 0.2) is 18.2 Å². The van der Waals surface area contributed by atoms with Gasteiger partial charge in [0, 0.05) is 12.1 Å². The van der Waals surface area contributed by atoms with E-state index in [1.807, 2.05) is 66.7 Å². The second-order valence-electron chi connectivity index (χ2n) is 12.1. The van der Waals surface area contributed by atoms with Crippen molar-refractivity contribution in [3.05, 3.63) is 34.9 Å². The van der Waals surface area contributed by atoms with Gasteiger partial charge in [0.15, 0.2) is 0 Å². The van der Waals surface area contributed by atoms with Crippen LogP contribution in [-0.2, 0) is 23.9 Å². The zero-order valence-corrected chi connectivity index (χ0v) is 25.7. The van der Waals surface area contributed by atoms with Crippen molar-refractivity contribution < 1.29 is 28.7 Å². The first kappa shape index (κ1) is 33.9. The molecule has 9 nitrogen and oxygen atoms in total. The molecule has 0 radical (unpaired) electrons. The van der Waals surface area contributed by atoms with Gasteiger partial charge in [-0.15, -0.1) is 0 Å². The van der Waals surface area contributed by atoms with Crippen molar-refractivity contribution in [1.29, 1.82) is 0 Å². The third-order valence-electron chi connectivity index (χ3n) is 6.11. The maximum atomic E-state index is 14.3. The maximum Gasteiger partial charge on any atom is 0.408 e. The number of alkyl carbamates (subject to hydrolysis) is 1. The first-order chi connectivity index (χ1) is 17.9. The quantitative estimate of drug-likeness (QED) is 0.378. The molecule has 9 heteroatoms. The fourth-order valence-corrected chi connectivity index (χ4v) is 4.32. The second kappa shape index (κ2) is 14.3. The molecular formula is C30H49N3O6. The van der Waals surface area contributed by atoms with Gasteiger partial charge >= 0.3 is 12.1 Å². The summed E-state index contributed by atoms with van der Waals surface area (Å²) in [5, 5.41) is 5.60. The van der Waals surface area contributed by atoms with Gasteiger partial charge < -0.3 is 25.0 Å². The molecule has 0 fully saturated rings. The molecule has 0 spiro atoms. The highest BCUT2D eigenvalue weighted by Crippen LogP contribution is 2.32. The van der Waals surface area contributed by atoms with E-state index < -0.39 is 47.1 Å². The third kappa shape index (κ3) is 10.9. The number of esters is 1. The molecular weight excluding hydrogens is 498 g/mol. The molecule has 3 atom stereocenters. The summed E-state index contributed by atoms with van der Waals surface area (Å²) in [7, 11) is 0. The van der Waals surface area contributed by atoms with Crippen LogP contribution in [0.2, 0.25) is 0 Å². The maximum absolute atomic E-state index is 14.3. The lowest BCUT2D eigenvalue weighted by molar-refractivity contribution is -0.150. The van der Waals surface area contributed by atoms with Crippen molar-refractivity contribution >= 4 is 23.9 Å². The molecule has 0 aromatic heterocycles. The van der Waals surface area contributed by atoms with Gasteiger partial charge in [-0.2, -0.15) is 0 Å². The number of nitrogens with zero attached hydrogens (tertiary/aromatic N) is 1. The SMILES string of the molecule is CCOC(=O)CCNC(=O)C(c1cc(C)cc(C)c1)N(C(=O)C(NC(=O)OC(C)(C)C)C(C)CC)C(C)(C)C. The van der Waals surface area contributed by atoms with Gasteiger partial charge in [0.1, 0.15) is 17.7 Å². The van der Waals surface area contributed by atoms with Crippen LogP contribution in [0.25, 0.3) is 0 Å². The van der Waals surface area contributed by atoms with Gasteiger partial charge in [-0.1, -0.05) is 49.6 Å². The average molecular weight is 548 g/mol. The van der Waals surface area contributed by atoms with Gasteiger partial charge in [0.05, 0.1) is 13.0 Å². The Kier molecular flexibility index (Phi) is 12.5.